The number of benzene rings is 1. The van der Waals surface area contributed by atoms with E-state index in [1.54, 1.807) is 24.3 Å². The standard InChI is InChI=1S/C7H7N2O3P/c10-13(11,12)7-5-3-1-2-4-6(5)8-9-7/h1-4H,(H,8,9)(H2,10,11,12). The van der Waals surface area contributed by atoms with E-state index >= 15 is 0 Å². The van der Waals surface area contributed by atoms with Gasteiger partial charge >= 0.3 is 7.60 Å². The molecule has 5 nitrogen and oxygen atoms in total. The fourth-order valence-electron chi connectivity index (χ4n) is 1.17. The summed E-state index contributed by atoms with van der Waals surface area (Å²) in [6.45, 7) is 0. The van der Waals surface area contributed by atoms with Crippen LogP contribution in [-0.2, 0) is 4.57 Å². The number of nitrogens with one attached hydrogen (secondary N) is 1. The lowest BCUT2D eigenvalue weighted by Crippen LogP contribution is -2.05. The Labute approximate surface area is 73.6 Å². The van der Waals surface area contributed by atoms with Gasteiger partial charge in [-0.15, -0.1) is 0 Å². The molecule has 0 bridgehead atoms. The predicted molar refractivity (Wildman–Crippen MR) is 47.8 cm³/mol. The summed E-state index contributed by atoms with van der Waals surface area (Å²) < 4.78 is 10.9. The molecular weight excluding hydrogens is 191 g/mol. The Kier molecular flexibility index (Phi) is 1.73. The average molecular weight is 198 g/mol. The second-order valence-electron chi connectivity index (χ2n) is 2.63. The topological polar surface area (TPSA) is 86.2 Å². The van der Waals surface area contributed by atoms with Crippen LogP contribution < -0.4 is 5.44 Å². The highest BCUT2D eigenvalue weighted by molar-refractivity contribution is 7.60. The molecule has 68 valence electrons. The van der Waals surface area contributed by atoms with Crippen molar-refractivity contribution in [2.45, 2.75) is 0 Å². The number of para-hydroxylation sites is 1. The molecule has 0 atom stereocenters. The molecule has 0 saturated heterocycles. The molecule has 0 unspecified atom stereocenters. The smallest absolute Gasteiger partial charge is 0.320 e. The highest BCUT2D eigenvalue weighted by atomic mass is 31.2. The van der Waals surface area contributed by atoms with Crippen molar-refractivity contribution in [1.82, 2.24) is 10.2 Å². The molecule has 1 aromatic carbocycles. The Hall–Kier alpha value is -1.16. The van der Waals surface area contributed by atoms with Gasteiger partial charge in [-0.1, -0.05) is 18.2 Å². The van der Waals surface area contributed by atoms with Gasteiger partial charge < -0.3 is 9.79 Å². The Bertz CT molecular complexity index is 487. The van der Waals surface area contributed by atoms with Gasteiger partial charge in [-0.2, -0.15) is 5.10 Å². The summed E-state index contributed by atoms with van der Waals surface area (Å²) in [5.74, 6) is 0. The molecule has 6 heteroatoms. The minimum Gasteiger partial charge on any atom is -0.320 e. The van der Waals surface area contributed by atoms with Gasteiger partial charge in [0.15, 0.2) is 5.44 Å². The van der Waals surface area contributed by atoms with Crippen LogP contribution in [0.2, 0.25) is 0 Å². The van der Waals surface area contributed by atoms with Gasteiger partial charge in [0.25, 0.3) is 0 Å². The number of fused-ring (bicyclic) bond motifs is 1. The largest absolute Gasteiger partial charge is 0.374 e. The third-order valence-electron chi connectivity index (χ3n) is 1.73. The molecule has 13 heavy (non-hydrogen) atoms. The van der Waals surface area contributed by atoms with Crippen LogP contribution in [0.15, 0.2) is 24.3 Å². The van der Waals surface area contributed by atoms with E-state index in [1.807, 2.05) is 0 Å². The zero-order valence-corrected chi connectivity index (χ0v) is 7.40. The maximum Gasteiger partial charge on any atom is 0.374 e. The van der Waals surface area contributed by atoms with E-state index in [4.69, 9.17) is 9.79 Å². The maximum atomic E-state index is 10.9. The first-order chi connectivity index (χ1) is 6.09. The van der Waals surface area contributed by atoms with Gasteiger partial charge in [0.05, 0.1) is 5.52 Å². The van der Waals surface area contributed by atoms with E-state index in [0.717, 1.165) is 0 Å². The van der Waals surface area contributed by atoms with Crippen LogP contribution >= 0.6 is 7.60 Å². The molecule has 2 aromatic rings. The molecule has 0 aliphatic carbocycles. The molecule has 1 heterocycles. The fraction of sp³-hybridized carbons (Fsp3) is 0. The van der Waals surface area contributed by atoms with Gasteiger partial charge in [-0.25, -0.2) is 0 Å². The summed E-state index contributed by atoms with van der Waals surface area (Å²) in [4.78, 5) is 17.8. The van der Waals surface area contributed by atoms with Crippen molar-refractivity contribution in [2.24, 2.45) is 0 Å². The molecular formula is C7H7N2O3P. The molecule has 0 fully saturated rings. The second kappa shape index (κ2) is 2.67. The lowest BCUT2D eigenvalue weighted by atomic mass is 10.3. The third kappa shape index (κ3) is 1.37. The number of aromatic amines is 1. The van der Waals surface area contributed by atoms with Crippen molar-refractivity contribution < 1.29 is 14.4 Å². The van der Waals surface area contributed by atoms with Crippen molar-refractivity contribution in [3.63, 3.8) is 0 Å². The molecule has 0 aliphatic rings. The Morgan fingerprint density at radius 2 is 2.00 bits per heavy atom. The highest BCUT2D eigenvalue weighted by Gasteiger charge is 2.22. The number of aromatic nitrogens is 2. The normalized spacial score (nSPS) is 12.2. The first kappa shape index (κ1) is 8.44. The Morgan fingerprint density at radius 3 is 2.69 bits per heavy atom. The van der Waals surface area contributed by atoms with Crippen molar-refractivity contribution >= 4 is 23.9 Å². The van der Waals surface area contributed by atoms with Crippen LogP contribution in [0, 0.1) is 0 Å². The summed E-state index contributed by atoms with van der Waals surface area (Å²) in [6, 6.07) is 6.77. The summed E-state index contributed by atoms with van der Waals surface area (Å²) in [5.41, 5.74) is 0.434. The molecule has 2 rings (SSSR count). The number of H-pyrrole nitrogens is 1. The van der Waals surface area contributed by atoms with Crippen molar-refractivity contribution in [3.05, 3.63) is 24.3 Å². The van der Waals surface area contributed by atoms with Gasteiger partial charge in [-0.3, -0.25) is 9.66 Å². The van der Waals surface area contributed by atoms with Gasteiger partial charge in [0, 0.05) is 5.39 Å². The molecule has 3 N–H and O–H groups in total. The van der Waals surface area contributed by atoms with Gasteiger partial charge in [0.1, 0.15) is 0 Å². The van der Waals surface area contributed by atoms with E-state index in [1.165, 1.54) is 0 Å². The van der Waals surface area contributed by atoms with Crippen LogP contribution in [-0.4, -0.2) is 20.0 Å². The number of nitrogens with zero attached hydrogens (tertiary/aromatic N) is 1. The number of hydrogen-bond donors (Lipinski definition) is 3. The quantitative estimate of drug-likeness (QED) is 0.577. The Morgan fingerprint density at radius 1 is 1.31 bits per heavy atom. The highest BCUT2D eigenvalue weighted by Crippen LogP contribution is 2.34. The molecule has 1 aromatic heterocycles. The average Bonchev–Trinajstić information content (AvgIpc) is 2.45. The fourth-order valence-corrected chi connectivity index (χ4v) is 1.85. The van der Waals surface area contributed by atoms with E-state index in [9.17, 15) is 4.57 Å². The van der Waals surface area contributed by atoms with Crippen molar-refractivity contribution in [2.75, 3.05) is 0 Å². The van der Waals surface area contributed by atoms with E-state index in [-0.39, 0.29) is 5.44 Å². The maximum absolute atomic E-state index is 10.9. The monoisotopic (exact) mass is 198 g/mol. The minimum atomic E-state index is -4.23. The van der Waals surface area contributed by atoms with Crippen LogP contribution in [0.5, 0.6) is 0 Å². The Balaban J connectivity index is 2.79. The third-order valence-corrected chi connectivity index (χ3v) is 2.66. The minimum absolute atomic E-state index is 0.122. The number of rotatable bonds is 1. The van der Waals surface area contributed by atoms with Crippen LogP contribution in [0.1, 0.15) is 0 Å². The number of hydrogen-bond acceptors (Lipinski definition) is 2. The zero-order valence-electron chi connectivity index (χ0n) is 6.51. The van der Waals surface area contributed by atoms with E-state index < -0.39 is 7.60 Å². The second-order valence-corrected chi connectivity index (χ2v) is 4.17. The van der Waals surface area contributed by atoms with Crippen LogP contribution in [0.4, 0.5) is 0 Å². The van der Waals surface area contributed by atoms with E-state index in [0.29, 0.717) is 10.9 Å². The molecule has 0 spiro atoms. The predicted octanol–water partition coefficient (Wildman–Crippen LogP) is 0.366. The lowest BCUT2D eigenvalue weighted by Gasteiger charge is -1.98. The summed E-state index contributed by atoms with van der Waals surface area (Å²) in [5, 5.41) is 6.58. The molecule has 0 aliphatic heterocycles. The first-order valence-electron chi connectivity index (χ1n) is 3.58. The van der Waals surface area contributed by atoms with Crippen molar-refractivity contribution in [1.29, 1.82) is 0 Å². The van der Waals surface area contributed by atoms with Crippen LogP contribution in [0.25, 0.3) is 10.9 Å². The van der Waals surface area contributed by atoms with Crippen LogP contribution in [0.3, 0.4) is 0 Å². The lowest BCUT2D eigenvalue weighted by molar-refractivity contribution is 0.386. The van der Waals surface area contributed by atoms with Gasteiger partial charge in [-0.05, 0) is 6.07 Å². The van der Waals surface area contributed by atoms with Gasteiger partial charge in [0.2, 0.25) is 0 Å². The summed E-state index contributed by atoms with van der Waals surface area (Å²) >= 11 is 0. The SMILES string of the molecule is O=P(O)(O)c1[nH]nc2ccccc12. The summed E-state index contributed by atoms with van der Waals surface area (Å²) in [7, 11) is -4.23. The molecule has 0 amide bonds. The zero-order chi connectivity index (χ0) is 9.47. The molecule has 0 radical (unpaired) electrons. The van der Waals surface area contributed by atoms with Crippen molar-refractivity contribution in [3.8, 4) is 0 Å². The van der Waals surface area contributed by atoms with E-state index in [2.05, 4.69) is 10.2 Å². The molecule has 0 saturated carbocycles. The first-order valence-corrected chi connectivity index (χ1v) is 5.19. The summed E-state index contributed by atoms with van der Waals surface area (Å²) in [6.07, 6.45) is 0.